The van der Waals surface area contributed by atoms with Gasteiger partial charge < -0.3 is 20.2 Å². The highest BCUT2D eigenvalue weighted by molar-refractivity contribution is 5.99. The standard InChI is InChI=1S/C21H24F5N3O2.C2HF3O2/c22-18(23)14-3-7-16(8-4-14)28-10-17(30)29(20(19(28)31)11-27-12-20)9-13-1-5-15(6-2-13)21(24,25)26;3-2(4,5)1(6)7/h1-2,5-6,14,16,18,27H,3-4,7-12H2;(H,6,7). The molecular formula is C23H25F8N3O4. The summed E-state index contributed by atoms with van der Waals surface area (Å²) in [5.74, 6) is -3.91. The summed E-state index contributed by atoms with van der Waals surface area (Å²) in [5.41, 5.74) is -1.34. The van der Waals surface area contributed by atoms with Crippen LogP contribution in [0.2, 0.25) is 0 Å². The molecule has 38 heavy (non-hydrogen) atoms. The van der Waals surface area contributed by atoms with Gasteiger partial charge in [-0.25, -0.2) is 13.6 Å². The number of benzene rings is 1. The highest BCUT2D eigenvalue weighted by atomic mass is 19.4. The van der Waals surface area contributed by atoms with Crippen molar-refractivity contribution in [3.63, 3.8) is 0 Å². The third-order valence-electron chi connectivity index (χ3n) is 7.02. The molecule has 0 atom stereocenters. The van der Waals surface area contributed by atoms with Crippen molar-refractivity contribution in [3.8, 4) is 0 Å². The van der Waals surface area contributed by atoms with Gasteiger partial charge in [-0.1, -0.05) is 12.1 Å². The van der Waals surface area contributed by atoms with Crippen molar-refractivity contribution >= 4 is 17.8 Å². The van der Waals surface area contributed by atoms with Gasteiger partial charge in [-0.2, -0.15) is 26.3 Å². The topological polar surface area (TPSA) is 90.0 Å². The Morgan fingerprint density at radius 1 is 1.00 bits per heavy atom. The number of carboxylic acids is 1. The molecule has 3 fully saturated rings. The summed E-state index contributed by atoms with van der Waals surface area (Å²) < 4.78 is 96.0. The van der Waals surface area contributed by atoms with E-state index in [1.165, 1.54) is 21.9 Å². The fourth-order valence-electron chi connectivity index (χ4n) is 4.81. The van der Waals surface area contributed by atoms with Crippen LogP contribution in [0, 0.1) is 5.92 Å². The molecule has 212 valence electrons. The second-order valence-corrected chi connectivity index (χ2v) is 9.45. The van der Waals surface area contributed by atoms with Crippen molar-refractivity contribution in [1.82, 2.24) is 15.1 Å². The van der Waals surface area contributed by atoms with Crippen LogP contribution in [0.5, 0.6) is 0 Å². The number of carboxylic acid groups (broad SMARTS) is 1. The highest BCUT2D eigenvalue weighted by Crippen LogP contribution is 2.37. The SMILES string of the molecule is O=C(O)C(F)(F)F.O=C1CN(C2CCC(C(F)F)CC2)C(=O)C2(CNC2)N1Cc1ccc(C(F)(F)F)cc1. The van der Waals surface area contributed by atoms with Crippen molar-refractivity contribution in [2.24, 2.45) is 5.92 Å². The molecule has 2 N–H and O–H groups in total. The molecule has 0 unspecified atom stereocenters. The third-order valence-corrected chi connectivity index (χ3v) is 7.02. The van der Waals surface area contributed by atoms with Gasteiger partial charge in [-0.15, -0.1) is 0 Å². The maximum absolute atomic E-state index is 13.4. The van der Waals surface area contributed by atoms with Crippen LogP contribution in [0.25, 0.3) is 0 Å². The number of amides is 2. The Bertz CT molecular complexity index is 1020. The summed E-state index contributed by atoms with van der Waals surface area (Å²) >= 11 is 0. The Kier molecular flexibility index (Phi) is 8.58. The zero-order valence-electron chi connectivity index (χ0n) is 19.8. The van der Waals surface area contributed by atoms with Gasteiger partial charge in [0, 0.05) is 31.6 Å². The van der Waals surface area contributed by atoms with Gasteiger partial charge in [-0.3, -0.25) is 9.59 Å². The second kappa shape index (κ2) is 11.0. The van der Waals surface area contributed by atoms with Gasteiger partial charge in [0.25, 0.3) is 5.91 Å². The minimum absolute atomic E-state index is 0.0380. The van der Waals surface area contributed by atoms with E-state index < -0.39 is 41.8 Å². The monoisotopic (exact) mass is 559 g/mol. The Balaban J connectivity index is 0.000000505. The zero-order valence-corrected chi connectivity index (χ0v) is 19.8. The maximum atomic E-state index is 13.4. The molecule has 7 nitrogen and oxygen atoms in total. The van der Waals surface area contributed by atoms with Gasteiger partial charge >= 0.3 is 18.3 Å². The summed E-state index contributed by atoms with van der Waals surface area (Å²) in [6.45, 7) is 0.434. The van der Waals surface area contributed by atoms with Gasteiger partial charge in [0.2, 0.25) is 12.3 Å². The van der Waals surface area contributed by atoms with Crippen molar-refractivity contribution in [3.05, 3.63) is 35.4 Å². The molecule has 2 heterocycles. The van der Waals surface area contributed by atoms with Gasteiger partial charge in [0.1, 0.15) is 12.1 Å². The summed E-state index contributed by atoms with van der Waals surface area (Å²) in [6, 6.07) is 4.32. The molecule has 2 amide bonds. The minimum Gasteiger partial charge on any atom is -0.475 e. The lowest BCUT2D eigenvalue weighted by atomic mass is 9.81. The number of piperazine rings is 1. The number of hydrogen-bond donors (Lipinski definition) is 2. The zero-order chi connectivity index (χ0) is 28.5. The number of nitrogens with zero attached hydrogens (tertiary/aromatic N) is 2. The van der Waals surface area contributed by atoms with Crippen molar-refractivity contribution in [1.29, 1.82) is 0 Å². The Hall–Kier alpha value is -2.97. The van der Waals surface area contributed by atoms with E-state index in [1.807, 2.05) is 0 Å². The quantitative estimate of drug-likeness (QED) is 0.550. The van der Waals surface area contributed by atoms with Crippen LogP contribution >= 0.6 is 0 Å². The largest absolute Gasteiger partial charge is 0.490 e. The first kappa shape index (κ1) is 29.6. The number of carbonyl (C=O) groups excluding carboxylic acids is 2. The normalized spacial score (nSPS) is 23.7. The Morgan fingerprint density at radius 2 is 1.53 bits per heavy atom. The van der Waals surface area contributed by atoms with E-state index in [9.17, 15) is 44.7 Å². The molecule has 1 aromatic carbocycles. The van der Waals surface area contributed by atoms with Crippen LogP contribution in [0.4, 0.5) is 35.1 Å². The van der Waals surface area contributed by atoms with E-state index in [0.29, 0.717) is 31.2 Å². The maximum Gasteiger partial charge on any atom is 0.490 e. The molecular weight excluding hydrogens is 534 g/mol. The molecule has 0 aromatic heterocycles. The predicted molar refractivity (Wildman–Crippen MR) is 115 cm³/mol. The molecule has 1 saturated carbocycles. The van der Waals surface area contributed by atoms with E-state index in [4.69, 9.17) is 9.90 Å². The molecule has 1 aromatic rings. The van der Waals surface area contributed by atoms with Gasteiger partial charge in [0.15, 0.2) is 0 Å². The Morgan fingerprint density at radius 3 is 1.92 bits per heavy atom. The first-order valence-corrected chi connectivity index (χ1v) is 11.6. The summed E-state index contributed by atoms with van der Waals surface area (Å²) in [4.78, 5) is 38.3. The third kappa shape index (κ3) is 6.35. The number of rotatable bonds is 4. The van der Waals surface area contributed by atoms with Gasteiger partial charge in [0.05, 0.1) is 5.56 Å². The van der Waals surface area contributed by atoms with Crippen LogP contribution in [0.15, 0.2) is 24.3 Å². The smallest absolute Gasteiger partial charge is 0.475 e. The molecule has 3 aliphatic rings. The van der Waals surface area contributed by atoms with Crippen molar-refractivity contribution in [2.45, 2.75) is 62.6 Å². The van der Waals surface area contributed by atoms with E-state index in [1.54, 1.807) is 0 Å². The molecule has 1 aliphatic carbocycles. The summed E-state index contributed by atoms with van der Waals surface area (Å²) in [5, 5.41) is 10.1. The van der Waals surface area contributed by atoms with Crippen LogP contribution in [0.1, 0.15) is 36.8 Å². The number of halogens is 8. The predicted octanol–water partition coefficient (Wildman–Crippen LogP) is 3.68. The van der Waals surface area contributed by atoms with Crippen molar-refractivity contribution < 1.29 is 54.6 Å². The van der Waals surface area contributed by atoms with E-state index in [0.717, 1.165) is 12.1 Å². The molecule has 0 radical (unpaired) electrons. The fraction of sp³-hybridized carbons (Fsp3) is 0.609. The average molecular weight is 559 g/mol. The molecule has 2 saturated heterocycles. The average Bonchev–Trinajstić information content (AvgIpc) is 2.80. The summed E-state index contributed by atoms with van der Waals surface area (Å²) in [6.07, 6.45) is -10.4. The van der Waals surface area contributed by atoms with Gasteiger partial charge in [-0.05, 0) is 43.4 Å². The molecule has 0 bridgehead atoms. The van der Waals surface area contributed by atoms with E-state index >= 15 is 0 Å². The lowest BCUT2D eigenvalue weighted by Crippen LogP contribution is -2.80. The van der Waals surface area contributed by atoms with E-state index in [-0.39, 0.29) is 44.0 Å². The lowest BCUT2D eigenvalue weighted by Gasteiger charge is -2.56. The highest BCUT2D eigenvalue weighted by Gasteiger charge is 2.57. The minimum atomic E-state index is -5.08. The molecule has 4 rings (SSSR count). The number of carbonyl (C=O) groups is 3. The molecule has 2 aliphatic heterocycles. The Labute approximate surface area is 211 Å². The van der Waals surface area contributed by atoms with Crippen LogP contribution in [0.3, 0.4) is 0 Å². The van der Waals surface area contributed by atoms with E-state index in [2.05, 4.69) is 5.32 Å². The number of hydrogen-bond acceptors (Lipinski definition) is 4. The van der Waals surface area contributed by atoms with Crippen LogP contribution < -0.4 is 5.32 Å². The second-order valence-electron chi connectivity index (χ2n) is 9.45. The first-order valence-electron chi connectivity index (χ1n) is 11.6. The number of nitrogens with one attached hydrogen (secondary N) is 1. The molecule has 15 heteroatoms. The molecule has 1 spiro atoms. The number of aliphatic carboxylic acids is 1. The first-order chi connectivity index (χ1) is 17.6. The van der Waals surface area contributed by atoms with Crippen molar-refractivity contribution in [2.75, 3.05) is 19.6 Å². The van der Waals surface area contributed by atoms with Crippen LogP contribution in [-0.2, 0) is 27.1 Å². The fourth-order valence-corrected chi connectivity index (χ4v) is 4.81. The lowest BCUT2D eigenvalue weighted by molar-refractivity contribution is -0.192. The summed E-state index contributed by atoms with van der Waals surface area (Å²) in [7, 11) is 0. The number of alkyl halides is 8. The van der Waals surface area contributed by atoms with Crippen LogP contribution in [-0.4, -0.2) is 76.5 Å².